The molecule has 3 nitrogen and oxygen atoms in total. The van der Waals surface area contributed by atoms with Gasteiger partial charge in [-0.25, -0.2) is 4.98 Å². The van der Waals surface area contributed by atoms with Gasteiger partial charge in [0.05, 0.1) is 0 Å². The summed E-state index contributed by atoms with van der Waals surface area (Å²) >= 11 is 0. The lowest BCUT2D eigenvalue weighted by Crippen LogP contribution is -2.09. The van der Waals surface area contributed by atoms with E-state index in [0.29, 0.717) is 5.89 Å². The molecule has 1 heterocycles. The van der Waals surface area contributed by atoms with Crippen molar-refractivity contribution in [2.45, 2.75) is 0 Å². The molecular formula is C24H18N2O. The third kappa shape index (κ3) is 2.74. The molecule has 0 fully saturated rings. The zero-order valence-electron chi connectivity index (χ0n) is 15.0. The highest BCUT2D eigenvalue weighted by Crippen LogP contribution is 2.32. The van der Waals surface area contributed by atoms with E-state index in [1.165, 1.54) is 16.5 Å². The fraction of sp³-hybridized carbons (Fsp3) is 0.0417. The van der Waals surface area contributed by atoms with Crippen LogP contribution in [0.4, 0.5) is 11.4 Å². The van der Waals surface area contributed by atoms with Crippen LogP contribution >= 0.6 is 0 Å². The molecule has 1 aromatic heterocycles. The second kappa shape index (κ2) is 6.29. The van der Waals surface area contributed by atoms with Crippen LogP contribution in [-0.4, -0.2) is 12.0 Å². The topological polar surface area (TPSA) is 29.3 Å². The fourth-order valence-electron chi connectivity index (χ4n) is 3.46. The maximum atomic E-state index is 5.87. The molecule has 5 aromatic rings. The van der Waals surface area contributed by atoms with Crippen LogP contribution in [-0.2, 0) is 0 Å². The van der Waals surface area contributed by atoms with E-state index in [1.807, 2.05) is 24.3 Å². The number of aromatic nitrogens is 1. The number of hydrogen-bond donors (Lipinski definition) is 0. The van der Waals surface area contributed by atoms with E-state index < -0.39 is 0 Å². The third-order valence-corrected chi connectivity index (χ3v) is 4.92. The standard InChI is InChI=1S/C24H18N2O/c1-26(22-11-6-8-17-7-2-3-9-20(17)22)19-15-13-18(14-16-19)24-25-21-10-4-5-12-23(21)27-24/h2-16H,1H3. The number of benzene rings is 4. The molecule has 0 N–H and O–H groups in total. The second-order valence-corrected chi connectivity index (χ2v) is 6.59. The van der Waals surface area contributed by atoms with Crippen molar-refractivity contribution in [3.05, 3.63) is 91.0 Å². The summed E-state index contributed by atoms with van der Waals surface area (Å²) in [4.78, 5) is 6.78. The molecule has 0 spiro atoms. The number of hydrogen-bond acceptors (Lipinski definition) is 3. The van der Waals surface area contributed by atoms with Gasteiger partial charge >= 0.3 is 0 Å². The van der Waals surface area contributed by atoms with Gasteiger partial charge in [0.1, 0.15) is 5.52 Å². The Morgan fingerprint density at radius 2 is 1.48 bits per heavy atom. The maximum Gasteiger partial charge on any atom is 0.227 e. The smallest absolute Gasteiger partial charge is 0.227 e. The van der Waals surface area contributed by atoms with Crippen LogP contribution in [0.15, 0.2) is 95.4 Å². The van der Waals surface area contributed by atoms with E-state index in [2.05, 4.69) is 83.7 Å². The number of fused-ring (bicyclic) bond motifs is 2. The molecule has 0 unspecified atom stereocenters. The minimum absolute atomic E-state index is 0.649. The first-order chi connectivity index (χ1) is 13.3. The number of para-hydroxylation sites is 2. The molecule has 0 saturated carbocycles. The SMILES string of the molecule is CN(c1ccc(-c2nc3ccccc3o2)cc1)c1cccc2ccccc12. The fourth-order valence-corrected chi connectivity index (χ4v) is 3.46. The molecule has 130 valence electrons. The van der Waals surface area contributed by atoms with Gasteiger partial charge in [0.15, 0.2) is 5.58 Å². The maximum absolute atomic E-state index is 5.87. The van der Waals surface area contributed by atoms with E-state index >= 15 is 0 Å². The van der Waals surface area contributed by atoms with Crippen LogP contribution in [0, 0.1) is 0 Å². The van der Waals surface area contributed by atoms with Crippen molar-refractivity contribution >= 4 is 33.2 Å². The zero-order chi connectivity index (χ0) is 18.2. The Balaban J connectivity index is 1.50. The Morgan fingerprint density at radius 1 is 0.741 bits per heavy atom. The van der Waals surface area contributed by atoms with Crippen molar-refractivity contribution in [1.82, 2.24) is 4.98 Å². The molecule has 5 rings (SSSR count). The van der Waals surface area contributed by atoms with E-state index in [9.17, 15) is 0 Å². The van der Waals surface area contributed by atoms with Gasteiger partial charge < -0.3 is 9.32 Å². The zero-order valence-corrected chi connectivity index (χ0v) is 15.0. The lowest BCUT2D eigenvalue weighted by atomic mass is 10.1. The molecule has 0 aliphatic carbocycles. The van der Waals surface area contributed by atoms with E-state index in [4.69, 9.17) is 4.42 Å². The highest BCUT2D eigenvalue weighted by atomic mass is 16.3. The van der Waals surface area contributed by atoms with Crippen LogP contribution in [0.25, 0.3) is 33.3 Å². The molecule has 0 radical (unpaired) electrons. The summed E-state index contributed by atoms with van der Waals surface area (Å²) in [6, 6.07) is 31.0. The molecule has 0 saturated heterocycles. The average Bonchev–Trinajstić information content (AvgIpc) is 3.17. The summed E-state index contributed by atoms with van der Waals surface area (Å²) in [5.41, 5.74) is 4.96. The number of rotatable bonds is 3. The Hall–Kier alpha value is -3.59. The molecule has 0 atom stereocenters. The van der Waals surface area contributed by atoms with Crippen molar-refractivity contribution in [2.24, 2.45) is 0 Å². The molecule has 0 bridgehead atoms. The van der Waals surface area contributed by atoms with E-state index in [1.54, 1.807) is 0 Å². The van der Waals surface area contributed by atoms with Crippen molar-refractivity contribution in [3.63, 3.8) is 0 Å². The lowest BCUT2D eigenvalue weighted by molar-refractivity contribution is 0.620. The van der Waals surface area contributed by atoms with Gasteiger partial charge in [-0.05, 0) is 47.9 Å². The van der Waals surface area contributed by atoms with Crippen molar-refractivity contribution in [1.29, 1.82) is 0 Å². The summed E-state index contributed by atoms with van der Waals surface area (Å²) < 4.78 is 5.87. The Morgan fingerprint density at radius 3 is 2.33 bits per heavy atom. The minimum atomic E-state index is 0.649. The molecule has 0 aliphatic rings. The average molecular weight is 350 g/mol. The Labute approximate surface area is 157 Å². The van der Waals surface area contributed by atoms with Crippen molar-refractivity contribution in [3.8, 4) is 11.5 Å². The summed E-state index contributed by atoms with van der Waals surface area (Å²) in [6.07, 6.45) is 0. The van der Waals surface area contributed by atoms with Crippen LogP contribution in [0.2, 0.25) is 0 Å². The Bertz CT molecular complexity index is 1200. The van der Waals surface area contributed by atoms with Gasteiger partial charge in [0.25, 0.3) is 0 Å². The first-order valence-electron chi connectivity index (χ1n) is 8.97. The van der Waals surface area contributed by atoms with Crippen molar-refractivity contribution < 1.29 is 4.42 Å². The quantitative estimate of drug-likeness (QED) is 0.376. The van der Waals surface area contributed by atoms with Gasteiger partial charge in [0.2, 0.25) is 5.89 Å². The normalized spacial score (nSPS) is 11.1. The molecule has 27 heavy (non-hydrogen) atoms. The van der Waals surface area contributed by atoms with Crippen LogP contribution in [0.1, 0.15) is 0 Å². The molecule has 3 heteroatoms. The summed E-state index contributed by atoms with van der Waals surface area (Å²) in [7, 11) is 2.09. The first kappa shape index (κ1) is 15.6. The van der Waals surface area contributed by atoms with Crippen LogP contribution in [0.5, 0.6) is 0 Å². The summed E-state index contributed by atoms with van der Waals surface area (Å²) in [6.45, 7) is 0. The van der Waals surface area contributed by atoms with E-state index in [0.717, 1.165) is 22.4 Å². The highest BCUT2D eigenvalue weighted by molar-refractivity contribution is 5.96. The molecule has 4 aromatic carbocycles. The minimum Gasteiger partial charge on any atom is -0.436 e. The predicted octanol–water partition coefficient (Wildman–Crippen LogP) is 6.42. The third-order valence-electron chi connectivity index (χ3n) is 4.92. The molecular weight excluding hydrogens is 332 g/mol. The first-order valence-corrected chi connectivity index (χ1v) is 8.97. The van der Waals surface area contributed by atoms with Gasteiger partial charge in [-0.2, -0.15) is 0 Å². The van der Waals surface area contributed by atoms with Gasteiger partial charge in [0, 0.05) is 29.4 Å². The molecule has 0 aliphatic heterocycles. The summed E-state index contributed by atoms with van der Waals surface area (Å²) in [5, 5.41) is 2.48. The van der Waals surface area contributed by atoms with Crippen LogP contribution in [0.3, 0.4) is 0 Å². The van der Waals surface area contributed by atoms with Crippen molar-refractivity contribution in [2.75, 3.05) is 11.9 Å². The Kier molecular flexibility index (Phi) is 3.65. The van der Waals surface area contributed by atoms with Gasteiger partial charge in [-0.3, -0.25) is 0 Å². The largest absolute Gasteiger partial charge is 0.436 e. The summed E-state index contributed by atoms with van der Waals surface area (Å²) in [5.74, 6) is 0.649. The van der Waals surface area contributed by atoms with Gasteiger partial charge in [-0.1, -0.05) is 48.5 Å². The van der Waals surface area contributed by atoms with Crippen LogP contribution < -0.4 is 4.90 Å². The monoisotopic (exact) mass is 350 g/mol. The molecule has 0 amide bonds. The highest BCUT2D eigenvalue weighted by Gasteiger charge is 2.11. The predicted molar refractivity (Wildman–Crippen MR) is 111 cm³/mol. The van der Waals surface area contributed by atoms with E-state index in [-0.39, 0.29) is 0 Å². The number of oxazole rings is 1. The number of nitrogens with zero attached hydrogens (tertiary/aromatic N) is 2. The lowest BCUT2D eigenvalue weighted by Gasteiger charge is -2.21. The second-order valence-electron chi connectivity index (χ2n) is 6.59. The van der Waals surface area contributed by atoms with Gasteiger partial charge in [-0.15, -0.1) is 0 Å². The number of anilines is 2.